The van der Waals surface area contributed by atoms with Gasteiger partial charge in [0.15, 0.2) is 0 Å². The highest BCUT2D eigenvalue weighted by atomic mass is 16.2. The van der Waals surface area contributed by atoms with Gasteiger partial charge >= 0.3 is 0 Å². The van der Waals surface area contributed by atoms with Crippen molar-refractivity contribution in [2.45, 2.75) is 39.3 Å². The summed E-state index contributed by atoms with van der Waals surface area (Å²) >= 11 is 0. The van der Waals surface area contributed by atoms with E-state index in [2.05, 4.69) is 10.6 Å². The molecule has 26 heavy (non-hydrogen) atoms. The predicted octanol–water partition coefficient (Wildman–Crippen LogP) is 3.49. The minimum absolute atomic E-state index is 0.178. The van der Waals surface area contributed by atoms with Gasteiger partial charge in [-0.2, -0.15) is 0 Å². The first-order valence-electron chi connectivity index (χ1n) is 8.71. The van der Waals surface area contributed by atoms with Crippen LogP contribution in [-0.2, 0) is 4.79 Å². The van der Waals surface area contributed by atoms with Crippen LogP contribution in [0.2, 0.25) is 0 Å². The second-order valence-corrected chi connectivity index (χ2v) is 7.50. The summed E-state index contributed by atoms with van der Waals surface area (Å²) in [5.41, 5.74) is 7.87. The van der Waals surface area contributed by atoms with Crippen LogP contribution in [0.15, 0.2) is 54.6 Å². The van der Waals surface area contributed by atoms with Gasteiger partial charge in [0.1, 0.15) is 0 Å². The minimum atomic E-state index is -0.413. The Kier molecular flexibility index (Phi) is 6.16. The molecule has 0 bridgehead atoms. The molecule has 5 heteroatoms. The maximum Gasteiger partial charge on any atom is 0.251 e. The molecule has 0 saturated carbocycles. The van der Waals surface area contributed by atoms with Gasteiger partial charge in [-0.05, 0) is 44.5 Å². The van der Waals surface area contributed by atoms with Crippen LogP contribution in [0.3, 0.4) is 0 Å². The predicted molar refractivity (Wildman–Crippen MR) is 105 cm³/mol. The number of nitrogens with one attached hydrogen (secondary N) is 2. The lowest BCUT2D eigenvalue weighted by Crippen LogP contribution is -2.40. The molecule has 5 nitrogen and oxygen atoms in total. The van der Waals surface area contributed by atoms with E-state index in [1.807, 2.05) is 51.1 Å². The summed E-state index contributed by atoms with van der Waals surface area (Å²) in [6.07, 6.45) is 0. The van der Waals surface area contributed by atoms with E-state index in [-0.39, 0.29) is 17.4 Å². The monoisotopic (exact) mass is 353 g/mol. The molecular formula is C21H27N3O2. The van der Waals surface area contributed by atoms with E-state index < -0.39 is 12.0 Å². The van der Waals surface area contributed by atoms with Gasteiger partial charge in [-0.15, -0.1) is 0 Å². The van der Waals surface area contributed by atoms with Crippen molar-refractivity contribution in [2.75, 3.05) is 5.32 Å². The highest BCUT2D eigenvalue weighted by Crippen LogP contribution is 2.21. The van der Waals surface area contributed by atoms with Crippen molar-refractivity contribution >= 4 is 17.5 Å². The molecule has 2 aromatic rings. The summed E-state index contributed by atoms with van der Waals surface area (Å²) in [5, 5.41) is 5.76. The third kappa shape index (κ3) is 5.43. The molecule has 0 aliphatic heterocycles. The smallest absolute Gasteiger partial charge is 0.251 e. The molecule has 2 aromatic carbocycles. The van der Waals surface area contributed by atoms with Crippen LogP contribution in [0, 0.1) is 5.92 Å². The summed E-state index contributed by atoms with van der Waals surface area (Å²) in [5.74, 6) is -0.776. The van der Waals surface area contributed by atoms with E-state index in [1.165, 1.54) is 0 Å². The topological polar surface area (TPSA) is 84.2 Å². The van der Waals surface area contributed by atoms with Crippen LogP contribution in [-0.4, -0.2) is 17.4 Å². The molecule has 2 amide bonds. The Morgan fingerprint density at radius 3 is 2.27 bits per heavy atom. The van der Waals surface area contributed by atoms with Crippen LogP contribution in [0.25, 0.3) is 0 Å². The Morgan fingerprint density at radius 1 is 1.00 bits per heavy atom. The number of hydrogen-bond donors (Lipinski definition) is 3. The largest absolute Gasteiger partial charge is 0.347 e. The molecular weight excluding hydrogens is 326 g/mol. The maximum absolute atomic E-state index is 12.5. The third-order valence-corrected chi connectivity index (χ3v) is 4.02. The normalized spacial score (nSPS) is 13.6. The van der Waals surface area contributed by atoms with Crippen molar-refractivity contribution in [3.05, 3.63) is 65.7 Å². The van der Waals surface area contributed by atoms with Crippen LogP contribution >= 0.6 is 0 Å². The van der Waals surface area contributed by atoms with Gasteiger partial charge in [0.2, 0.25) is 5.91 Å². The Balaban J connectivity index is 2.07. The minimum Gasteiger partial charge on any atom is -0.347 e. The van der Waals surface area contributed by atoms with E-state index in [1.54, 1.807) is 31.2 Å². The molecule has 2 unspecified atom stereocenters. The fourth-order valence-corrected chi connectivity index (χ4v) is 2.53. The summed E-state index contributed by atoms with van der Waals surface area (Å²) in [7, 11) is 0. The Morgan fingerprint density at radius 2 is 1.65 bits per heavy atom. The summed E-state index contributed by atoms with van der Waals surface area (Å²) in [6.45, 7) is 7.55. The lowest BCUT2D eigenvalue weighted by atomic mass is 9.94. The van der Waals surface area contributed by atoms with Gasteiger partial charge in [0.25, 0.3) is 5.91 Å². The van der Waals surface area contributed by atoms with Gasteiger partial charge in [0, 0.05) is 22.8 Å². The van der Waals surface area contributed by atoms with Crippen LogP contribution in [0.1, 0.15) is 49.7 Å². The van der Waals surface area contributed by atoms with Crippen LogP contribution < -0.4 is 16.4 Å². The number of hydrogen-bond acceptors (Lipinski definition) is 3. The molecule has 2 atom stereocenters. The lowest BCUT2D eigenvalue weighted by Gasteiger charge is -2.21. The molecule has 2 rings (SSSR count). The number of nitrogens with two attached hydrogens (primary N) is 1. The molecule has 4 N–H and O–H groups in total. The number of carbonyl (C=O) groups excluding carboxylic acids is 2. The summed E-state index contributed by atoms with van der Waals surface area (Å²) in [6, 6.07) is 16.0. The third-order valence-electron chi connectivity index (χ3n) is 4.02. The molecule has 0 aliphatic carbocycles. The maximum atomic E-state index is 12.5. The zero-order valence-electron chi connectivity index (χ0n) is 15.7. The highest BCUT2D eigenvalue weighted by Gasteiger charge is 2.22. The molecule has 0 spiro atoms. The van der Waals surface area contributed by atoms with E-state index >= 15 is 0 Å². The van der Waals surface area contributed by atoms with Crippen molar-refractivity contribution in [3.8, 4) is 0 Å². The zero-order chi connectivity index (χ0) is 19.3. The van der Waals surface area contributed by atoms with E-state index in [0.29, 0.717) is 11.3 Å². The standard InChI is InChI=1S/C21H27N3O2/c1-14(18(22)15-9-6-5-7-10-15)19(25)23-17-12-8-11-16(13-17)20(26)24-21(2,3)4/h5-14,18H,22H2,1-4H3,(H,23,25)(H,24,26). The molecule has 0 heterocycles. The second kappa shape index (κ2) is 8.15. The number of carbonyl (C=O) groups is 2. The second-order valence-electron chi connectivity index (χ2n) is 7.50. The fourth-order valence-electron chi connectivity index (χ4n) is 2.53. The first kappa shape index (κ1) is 19.7. The summed E-state index contributed by atoms with van der Waals surface area (Å²) in [4.78, 5) is 24.8. The van der Waals surface area contributed by atoms with Gasteiger partial charge in [-0.1, -0.05) is 43.3 Å². The Labute approximate surface area is 155 Å². The van der Waals surface area contributed by atoms with Gasteiger partial charge < -0.3 is 16.4 Å². The SMILES string of the molecule is CC(C(=O)Nc1cccc(C(=O)NC(C)(C)C)c1)C(N)c1ccccc1. The van der Waals surface area contributed by atoms with E-state index in [9.17, 15) is 9.59 Å². The van der Waals surface area contributed by atoms with Gasteiger partial charge in [0.05, 0.1) is 5.92 Å². The van der Waals surface area contributed by atoms with E-state index in [4.69, 9.17) is 5.73 Å². The van der Waals surface area contributed by atoms with Crippen molar-refractivity contribution in [1.29, 1.82) is 0 Å². The van der Waals surface area contributed by atoms with Gasteiger partial charge in [-0.25, -0.2) is 0 Å². The van der Waals surface area contributed by atoms with E-state index in [0.717, 1.165) is 5.56 Å². The van der Waals surface area contributed by atoms with Crippen molar-refractivity contribution < 1.29 is 9.59 Å². The lowest BCUT2D eigenvalue weighted by molar-refractivity contribution is -0.120. The quantitative estimate of drug-likeness (QED) is 0.769. The first-order valence-corrected chi connectivity index (χ1v) is 8.71. The molecule has 0 saturated heterocycles. The molecule has 0 radical (unpaired) electrons. The Bertz CT molecular complexity index is 766. The summed E-state index contributed by atoms with van der Waals surface area (Å²) < 4.78 is 0. The molecule has 0 fully saturated rings. The van der Waals surface area contributed by atoms with Crippen LogP contribution in [0.5, 0.6) is 0 Å². The number of amides is 2. The molecule has 0 aliphatic rings. The first-order chi connectivity index (χ1) is 12.2. The number of anilines is 1. The number of benzene rings is 2. The average molecular weight is 353 g/mol. The fraction of sp³-hybridized carbons (Fsp3) is 0.333. The van der Waals surface area contributed by atoms with Crippen molar-refractivity contribution in [2.24, 2.45) is 11.7 Å². The number of rotatable bonds is 5. The van der Waals surface area contributed by atoms with Crippen LogP contribution in [0.4, 0.5) is 5.69 Å². The highest BCUT2D eigenvalue weighted by molar-refractivity contribution is 5.98. The van der Waals surface area contributed by atoms with Crippen molar-refractivity contribution in [3.63, 3.8) is 0 Å². The average Bonchev–Trinajstić information content (AvgIpc) is 2.60. The molecule has 138 valence electrons. The van der Waals surface area contributed by atoms with Gasteiger partial charge in [-0.3, -0.25) is 9.59 Å². The zero-order valence-corrected chi connectivity index (χ0v) is 15.7. The van der Waals surface area contributed by atoms with Crippen molar-refractivity contribution in [1.82, 2.24) is 5.32 Å². The Hall–Kier alpha value is -2.66. The molecule has 0 aromatic heterocycles.